The number of sulfonamides is 1. The van der Waals surface area contributed by atoms with Gasteiger partial charge in [-0.2, -0.15) is 0 Å². The molecule has 3 N–H and O–H groups in total. The highest BCUT2D eigenvalue weighted by Gasteiger charge is 2.13. The molecule has 0 saturated heterocycles. The van der Waals surface area contributed by atoms with E-state index in [-0.39, 0.29) is 22.6 Å². The van der Waals surface area contributed by atoms with Gasteiger partial charge in [-0.25, -0.2) is 13.6 Å². The number of rotatable bonds is 4. The third-order valence-electron chi connectivity index (χ3n) is 3.62. The molecule has 0 spiro atoms. The number of fused-ring (bicyclic) bond motifs is 1. The van der Waals surface area contributed by atoms with Crippen LogP contribution in [0.5, 0.6) is 0 Å². The van der Waals surface area contributed by atoms with Crippen LogP contribution >= 0.6 is 15.9 Å². The van der Waals surface area contributed by atoms with Gasteiger partial charge in [0.15, 0.2) is 11.2 Å². The predicted molar refractivity (Wildman–Crippen MR) is 99.2 cm³/mol. The summed E-state index contributed by atoms with van der Waals surface area (Å²) in [5.74, 6) is -0.659. The molecular formula is C17H13BrN2O5S. The topological polar surface area (TPSA) is 119 Å². The van der Waals surface area contributed by atoms with Crippen molar-refractivity contribution >= 4 is 42.8 Å². The average molecular weight is 437 g/mol. The van der Waals surface area contributed by atoms with Crippen LogP contribution in [0.3, 0.4) is 0 Å². The molecule has 134 valence electrons. The number of primary sulfonamides is 1. The first-order valence-electron chi connectivity index (χ1n) is 7.37. The molecule has 0 unspecified atom stereocenters. The fourth-order valence-corrected chi connectivity index (χ4v) is 3.18. The van der Waals surface area contributed by atoms with E-state index in [0.717, 1.165) is 10.5 Å². The summed E-state index contributed by atoms with van der Waals surface area (Å²) >= 11 is 3.28. The van der Waals surface area contributed by atoms with E-state index < -0.39 is 15.9 Å². The molecule has 26 heavy (non-hydrogen) atoms. The molecule has 1 heterocycles. The quantitative estimate of drug-likeness (QED) is 0.648. The molecule has 7 nitrogen and oxygen atoms in total. The summed E-state index contributed by atoms with van der Waals surface area (Å²) in [7, 11) is -3.76. The van der Waals surface area contributed by atoms with Crippen LogP contribution in [0.25, 0.3) is 11.0 Å². The average Bonchev–Trinajstić information content (AvgIpc) is 2.59. The van der Waals surface area contributed by atoms with Crippen molar-refractivity contribution in [1.82, 2.24) is 5.32 Å². The largest absolute Gasteiger partial charge is 0.451 e. The highest BCUT2D eigenvalue weighted by atomic mass is 79.9. The van der Waals surface area contributed by atoms with Gasteiger partial charge in [0, 0.05) is 17.1 Å². The summed E-state index contributed by atoms with van der Waals surface area (Å²) in [5, 5.41) is 8.02. The van der Waals surface area contributed by atoms with Crippen LogP contribution in [-0.4, -0.2) is 14.3 Å². The molecule has 1 amide bonds. The number of amides is 1. The van der Waals surface area contributed by atoms with Crippen molar-refractivity contribution in [3.05, 3.63) is 74.6 Å². The van der Waals surface area contributed by atoms with E-state index in [1.807, 2.05) is 0 Å². The monoisotopic (exact) mass is 436 g/mol. The lowest BCUT2D eigenvalue weighted by molar-refractivity contribution is 0.0923. The Morgan fingerprint density at radius 1 is 1.12 bits per heavy atom. The Hall–Kier alpha value is -2.49. The highest BCUT2D eigenvalue weighted by molar-refractivity contribution is 9.10. The molecular weight excluding hydrogens is 424 g/mol. The molecule has 3 aromatic rings. The summed E-state index contributed by atoms with van der Waals surface area (Å²) in [6.45, 7) is 0.131. The fourth-order valence-electron chi connectivity index (χ4n) is 2.31. The summed E-state index contributed by atoms with van der Waals surface area (Å²) in [4.78, 5) is 24.4. The molecule has 9 heteroatoms. The standard InChI is InChI=1S/C17H13BrN2O5S/c18-11-3-6-15-13(7-11)14(21)8-16(25-15)17(22)20-9-10-1-4-12(5-2-10)26(19,23)24/h1-8H,9H2,(H,20,22)(H2,19,23,24). The molecule has 0 aliphatic rings. The first-order chi connectivity index (χ1) is 12.2. The molecule has 3 rings (SSSR count). The summed E-state index contributed by atoms with van der Waals surface area (Å²) < 4.78 is 28.7. The van der Waals surface area contributed by atoms with E-state index in [2.05, 4.69) is 21.2 Å². The van der Waals surface area contributed by atoms with Crippen molar-refractivity contribution in [2.24, 2.45) is 5.14 Å². The molecule has 0 radical (unpaired) electrons. The van der Waals surface area contributed by atoms with Gasteiger partial charge >= 0.3 is 0 Å². The van der Waals surface area contributed by atoms with Crippen molar-refractivity contribution in [3.8, 4) is 0 Å². The van der Waals surface area contributed by atoms with Gasteiger partial charge in [-0.1, -0.05) is 28.1 Å². The van der Waals surface area contributed by atoms with E-state index in [4.69, 9.17) is 9.56 Å². The maximum atomic E-state index is 12.2. The number of nitrogens with two attached hydrogens (primary N) is 1. The smallest absolute Gasteiger partial charge is 0.287 e. The number of hydrogen-bond acceptors (Lipinski definition) is 5. The van der Waals surface area contributed by atoms with Crippen molar-refractivity contribution < 1.29 is 17.6 Å². The Balaban J connectivity index is 1.77. The third-order valence-corrected chi connectivity index (χ3v) is 5.04. The van der Waals surface area contributed by atoms with Crippen molar-refractivity contribution in [1.29, 1.82) is 0 Å². The number of halogens is 1. The number of benzene rings is 2. The van der Waals surface area contributed by atoms with Gasteiger partial charge in [0.1, 0.15) is 5.58 Å². The summed E-state index contributed by atoms with van der Waals surface area (Å²) in [5.41, 5.74) is 0.649. The molecule has 1 aromatic heterocycles. The van der Waals surface area contributed by atoms with E-state index in [1.54, 1.807) is 18.2 Å². The Bertz CT molecular complexity index is 1150. The van der Waals surface area contributed by atoms with Gasteiger partial charge in [-0.05, 0) is 35.9 Å². The molecule has 0 bridgehead atoms. The lowest BCUT2D eigenvalue weighted by atomic mass is 10.2. The van der Waals surface area contributed by atoms with Crippen LogP contribution in [0.1, 0.15) is 16.1 Å². The minimum atomic E-state index is -3.76. The SMILES string of the molecule is NS(=O)(=O)c1ccc(CNC(=O)c2cc(=O)c3cc(Br)ccc3o2)cc1. The normalized spacial score (nSPS) is 11.5. The summed E-state index contributed by atoms with van der Waals surface area (Å²) in [6, 6.07) is 11.8. The number of hydrogen-bond donors (Lipinski definition) is 2. The first kappa shape index (κ1) is 18.3. The zero-order valence-corrected chi connectivity index (χ0v) is 15.6. The second-order valence-corrected chi connectivity index (χ2v) is 7.96. The van der Waals surface area contributed by atoms with Gasteiger partial charge in [0.05, 0.1) is 10.3 Å². The molecule has 2 aromatic carbocycles. The van der Waals surface area contributed by atoms with E-state index in [0.29, 0.717) is 16.5 Å². The predicted octanol–water partition coefficient (Wildman–Crippen LogP) is 2.13. The lowest BCUT2D eigenvalue weighted by Crippen LogP contribution is -2.24. The van der Waals surface area contributed by atoms with Crippen LogP contribution in [0, 0.1) is 0 Å². The first-order valence-corrected chi connectivity index (χ1v) is 9.71. The van der Waals surface area contributed by atoms with Crippen molar-refractivity contribution in [2.45, 2.75) is 11.4 Å². The maximum absolute atomic E-state index is 12.2. The van der Waals surface area contributed by atoms with Gasteiger partial charge in [-0.3, -0.25) is 9.59 Å². The molecule has 0 aliphatic heterocycles. The van der Waals surface area contributed by atoms with E-state index >= 15 is 0 Å². The van der Waals surface area contributed by atoms with Gasteiger partial charge < -0.3 is 9.73 Å². The molecule has 0 aliphatic carbocycles. The second-order valence-electron chi connectivity index (χ2n) is 5.49. The Morgan fingerprint density at radius 3 is 2.46 bits per heavy atom. The van der Waals surface area contributed by atoms with E-state index in [1.165, 1.54) is 24.3 Å². The summed E-state index contributed by atoms with van der Waals surface area (Å²) in [6.07, 6.45) is 0. The zero-order chi connectivity index (χ0) is 18.9. The van der Waals surface area contributed by atoms with Gasteiger partial charge in [-0.15, -0.1) is 0 Å². The molecule has 0 saturated carbocycles. The second kappa shape index (κ2) is 7.02. The maximum Gasteiger partial charge on any atom is 0.287 e. The van der Waals surface area contributed by atoms with Crippen molar-refractivity contribution in [3.63, 3.8) is 0 Å². The number of carbonyl (C=O) groups excluding carboxylic acids is 1. The Labute approximate surface area is 157 Å². The van der Waals surface area contributed by atoms with Crippen molar-refractivity contribution in [2.75, 3.05) is 0 Å². The minimum absolute atomic E-state index is 0.0146. The fraction of sp³-hybridized carbons (Fsp3) is 0.0588. The van der Waals surface area contributed by atoms with Crippen LogP contribution in [-0.2, 0) is 16.6 Å². The van der Waals surface area contributed by atoms with Crippen LogP contribution in [0.2, 0.25) is 0 Å². The van der Waals surface area contributed by atoms with E-state index in [9.17, 15) is 18.0 Å². The molecule has 0 atom stereocenters. The van der Waals surface area contributed by atoms with Crippen LogP contribution < -0.4 is 15.9 Å². The number of carbonyl (C=O) groups is 1. The zero-order valence-electron chi connectivity index (χ0n) is 13.2. The number of nitrogens with one attached hydrogen (secondary N) is 1. The van der Waals surface area contributed by atoms with Crippen LogP contribution in [0.4, 0.5) is 0 Å². The third kappa shape index (κ3) is 4.01. The van der Waals surface area contributed by atoms with Crippen LogP contribution in [0.15, 0.2) is 67.1 Å². The van der Waals surface area contributed by atoms with Gasteiger partial charge in [0.25, 0.3) is 5.91 Å². The Morgan fingerprint density at radius 2 is 1.81 bits per heavy atom. The van der Waals surface area contributed by atoms with Gasteiger partial charge in [0.2, 0.25) is 10.0 Å². The lowest BCUT2D eigenvalue weighted by Gasteiger charge is -2.06. The Kier molecular flexibility index (Phi) is 4.94. The highest BCUT2D eigenvalue weighted by Crippen LogP contribution is 2.18. The molecule has 0 fully saturated rings. The minimum Gasteiger partial charge on any atom is -0.451 e.